The summed E-state index contributed by atoms with van der Waals surface area (Å²) in [6, 6.07) is 13.3. The van der Waals surface area contributed by atoms with Gasteiger partial charge in [0.25, 0.3) is 0 Å². The SMILES string of the molecule is COc1ccc(COC(=O)CCc2cncc3ccccc23)cc1Cl. The quantitative estimate of drug-likeness (QED) is 0.607. The van der Waals surface area contributed by atoms with Crippen molar-refractivity contribution in [3.05, 3.63) is 71.0 Å². The highest BCUT2D eigenvalue weighted by atomic mass is 35.5. The van der Waals surface area contributed by atoms with Crippen molar-refractivity contribution in [2.24, 2.45) is 0 Å². The molecule has 0 spiro atoms. The first-order valence-electron chi connectivity index (χ1n) is 7.97. The molecule has 0 saturated carbocycles. The van der Waals surface area contributed by atoms with Crippen LogP contribution in [0.3, 0.4) is 0 Å². The summed E-state index contributed by atoms with van der Waals surface area (Å²) in [6.07, 6.45) is 4.53. The van der Waals surface area contributed by atoms with Crippen LogP contribution >= 0.6 is 11.6 Å². The first-order valence-corrected chi connectivity index (χ1v) is 8.35. The predicted molar refractivity (Wildman–Crippen MR) is 97.9 cm³/mol. The molecular weight excluding hydrogens is 338 g/mol. The fourth-order valence-corrected chi connectivity index (χ4v) is 2.93. The van der Waals surface area contributed by atoms with Crippen LogP contribution in [0.25, 0.3) is 10.8 Å². The second kappa shape index (κ2) is 7.99. The van der Waals surface area contributed by atoms with Crippen LogP contribution in [0, 0.1) is 0 Å². The Morgan fingerprint density at radius 2 is 2.00 bits per heavy atom. The predicted octanol–water partition coefficient (Wildman–Crippen LogP) is 4.57. The monoisotopic (exact) mass is 355 g/mol. The van der Waals surface area contributed by atoms with Gasteiger partial charge in [0, 0.05) is 24.2 Å². The number of benzene rings is 2. The van der Waals surface area contributed by atoms with Crippen LogP contribution in [0.1, 0.15) is 17.5 Å². The van der Waals surface area contributed by atoms with Crippen molar-refractivity contribution >= 4 is 28.3 Å². The number of halogens is 1. The van der Waals surface area contributed by atoms with Gasteiger partial charge in [-0.05, 0) is 35.1 Å². The van der Waals surface area contributed by atoms with Crippen molar-refractivity contribution < 1.29 is 14.3 Å². The molecule has 0 aliphatic carbocycles. The first-order chi connectivity index (χ1) is 12.2. The Bertz CT molecular complexity index is 890. The summed E-state index contributed by atoms with van der Waals surface area (Å²) >= 11 is 6.07. The molecule has 0 fully saturated rings. The van der Waals surface area contributed by atoms with Crippen LogP contribution in [-0.2, 0) is 22.6 Å². The molecule has 0 N–H and O–H groups in total. The Hall–Kier alpha value is -2.59. The number of carbonyl (C=O) groups is 1. The van der Waals surface area contributed by atoms with Gasteiger partial charge in [0.05, 0.1) is 12.1 Å². The van der Waals surface area contributed by atoms with Gasteiger partial charge in [0.15, 0.2) is 0 Å². The Morgan fingerprint density at radius 1 is 1.16 bits per heavy atom. The number of esters is 1. The third-order valence-electron chi connectivity index (χ3n) is 3.97. The van der Waals surface area contributed by atoms with Gasteiger partial charge in [-0.3, -0.25) is 9.78 Å². The van der Waals surface area contributed by atoms with Crippen LogP contribution in [0.5, 0.6) is 5.75 Å². The van der Waals surface area contributed by atoms with Gasteiger partial charge >= 0.3 is 5.97 Å². The topological polar surface area (TPSA) is 48.4 Å². The molecule has 128 valence electrons. The minimum Gasteiger partial charge on any atom is -0.495 e. The Balaban J connectivity index is 1.57. The van der Waals surface area contributed by atoms with E-state index in [1.165, 1.54) is 0 Å². The van der Waals surface area contributed by atoms with Crippen molar-refractivity contribution in [1.29, 1.82) is 0 Å². The number of carbonyl (C=O) groups excluding carboxylic acids is 1. The van der Waals surface area contributed by atoms with E-state index in [2.05, 4.69) is 4.98 Å². The summed E-state index contributed by atoms with van der Waals surface area (Å²) in [4.78, 5) is 16.3. The average Bonchev–Trinajstić information content (AvgIpc) is 2.64. The van der Waals surface area contributed by atoms with E-state index >= 15 is 0 Å². The van der Waals surface area contributed by atoms with Crippen LogP contribution in [-0.4, -0.2) is 18.1 Å². The van der Waals surface area contributed by atoms with E-state index in [0.717, 1.165) is 21.9 Å². The molecule has 0 bridgehead atoms. The number of fused-ring (bicyclic) bond motifs is 1. The van der Waals surface area contributed by atoms with Crippen molar-refractivity contribution in [1.82, 2.24) is 4.98 Å². The van der Waals surface area contributed by atoms with E-state index in [1.807, 2.05) is 36.5 Å². The van der Waals surface area contributed by atoms with Crippen LogP contribution in [0.2, 0.25) is 5.02 Å². The highest BCUT2D eigenvalue weighted by Crippen LogP contribution is 2.25. The zero-order valence-electron chi connectivity index (χ0n) is 13.9. The Kier molecular flexibility index (Phi) is 5.51. The number of methoxy groups -OCH3 is 1. The molecule has 3 aromatic rings. The lowest BCUT2D eigenvalue weighted by molar-refractivity contribution is -0.144. The largest absolute Gasteiger partial charge is 0.495 e. The summed E-state index contributed by atoms with van der Waals surface area (Å²) in [5.41, 5.74) is 1.87. The first kappa shape index (κ1) is 17.2. The third-order valence-corrected chi connectivity index (χ3v) is 4.26. The molecule has 25 heavy (non-hydrogen) atoms. The third kappa shape index (κ3) is 4.28. The number of aromatic nitrogens is 1. The number of hydrogen-bond acceptors (Lipinski definition) is 4. The minimum absolute atomic E-state index is 0.191. The van der Waals surface area contributed by atoms with Crippen LogP contribution in [0.4, 0.5) is 0 Å². The number of nitrogens with zero attached hydrogens (tertiary/aromatic N) is 1. The molecule has 0 aliphatic rings. The molecule has 1 heterocycles. The van der Waals surface area contributed by atoms with Crippen molar-refractivity contribution in [2.45, 2.75) is 19.4 Å². The molecule has 4 nitrogen and oxygen atoms in total. The van der Waals surface area contributed by atoms with E-state index in [-0.39, 0.29) is 12.6 Å². The standard InChI is InChI=1S/C20H18ClNO3/c1-24-19-8-6-14(10-18(19)21)13-25-20(23)9-7-16-12-22-11-15-4-2-3-5-17(15)16/h2-6,8,10-12H,7,9,13H2,1H3. The lowest BCUT2D eigenvalue weighted by Gasteiger charge is -2.08. The zero-order valence-corrected chi connectivity index (χ0v) is 14.6. The highest BCUT2D eigenvalue weighted by molar-refractivity contribution is 6.32. The second-order valence-electron chi connectivity index (χ2n) is 5.65. The number of pyridine rings is 1. The summed E-state index contributed by atoms with van der Waals surface area (Å²) in [6.45, 7) is 0.191. The molecule has 3 rings (SSSR count). The molecule has 5 heteroatoms. The van der Waals surface area contributed by atoms with Gasteiger partial charge < -0.3 is 9.47 Å². The number of hydrogen-bond donors (Lipinski definition) is 0. The average molecular weight is 356 g/mol. The molecule has 0 atom stereocenters. The van der Waals surface area contributed by atoms with Crippen molar-refractivity contribution in [2.75, 3.05) is 7.11 Å². The molecule has 1 aromatic heterocycles. The van der Waals surface area contributed by atoms with Crippen molar-refractivity contribution in [3.63, 3.8) is 0 Å². The molecule has 0 saturated heterocycles. The highest BCUT2D eigenvalue weighted by Gasteiger charge is 2.08. The normalized spacial score (nSPS) is 10.6. The number of aryl methyl sites for hydroxylation is 1. The molecule has 0 unspecified atom stereocenters. The zero-order chi connectivity index (χ0) is 17.6. The molecule has 0 aliphatic heterocycles. The number of rotatable bonds is 6. The summed E-state index contributed by atoms with van der Waals surface area (Å²) in [5, 5.41) is 2.69. The Morgan fingerprint density at radius 3 is 2.80 bits per heavy atom. The fourth-order valence-electron chi connectivity index (χ4n) is 2.65. The van der Waals surface area contributed by atoms with Gasteiger partial charge in [-0.1, -0.05) is 41.9 Å². The lowest BCUT2D eigenvalue weighted by atomic mass is 10.0. The second-order valence-corrected chi connectivity index (χ2v) is 6.06. The lowest BCUT2D eigenvalue weighted by Crippen LogP contribution is -2.06. The molecular formula is C20H18ClNO3. The van der Waals surface area contributed by atoms with Gasteiger partial charge in [-0.15, -0.1) is 0 Å². The smallest absolute Gasteiger partial charge is 0.306 e. The molecule has 0 amide bonds. The van der Waals surface area contributed by atoms with E-state index in [9.17, 15) is 4.79 Å². The van der Waals surface area contributed by atoms with E-state index < -0.39 is 0 Å². The Labute approximate surface area is 151 Å². The van der Waals surface area contributed by atoms with Gasteiger partial charge in [0.1, 0.15) is 12.4 Å². The maximum Gasteiger partial charge on any atom is 0.306 e. The number of ether oxygens (including phenoxy) is 2. The molecule has 2 aromatic carbocycles. The van der Waals surface area contributed by atoms with Gasteiger partial charge in [-0.25, -0.2) is 0 Å². The minimum atomic E-state index is -0.250. The van der Waals surface area contributed by atoms with Gasteiger partial charge in [0.2, 0.25) is 0 Å². The van der Waals surface area contributed by atoms with Crippen LogP contribution < -0.4 is 4.74 Å². The van der Waals surface area contributed by atoms with Crippen molar-refractivity contribution in [3.8, 4) is 5.75 Å². The van der Waals surface area contributed by atoms with E-state index in [4.69, 9.17) is 21.1 Å². The summed E-state index contributed by atoms with van der Waals surface area (Å²) in [7, 11) is 1.56. The summed E-state index contributed by atoms with van der Waals surface area (Å²) < 4.78 is 10.4. The fraction of sp³-hybridized carbons (Fsp3) is 0.200. The molecule has 0 radical (unpaired) electrons. The van der Waals surface area contributed by atoms with E-state index in [0.29, 0.717) is 23.6 Å². The van der Waals surface area contributed by atoms with Crippen LogP contribution in [0.15, 0.2) is 54.9 Å². The maximum atomic E-state index is 12.0. The van der Waals surface area contributed by atoms with E-state index in [1.54, 1.807) is 25.4 Å². The van der Waals surface area contributed by atoms with Gasteiger partial charge in [-0.2, -0.15) is 0 Å². The summed E-state index contributed by atoms with van der Waals surface area (Å²) in [5.74, 6) is 0.347. The maximum absolute atomic E-state index is 12.0.